The highest BCUT2D eigenvalue weighted by Crippen LogP contribution is 2.28. The lowest BCUT2D eigenvalue weighted by Gasteiger charge is -2.41. The molecule has 1 saturated heterocycles. The molecule has 1 aromatic heterocycles. The van der Waals surface area contributed by atoms with E-state index in [0.29, 0.717) is 0 Å². The van der Waals surface area contributed by atoms with E-state index in [4.69, 9.17) is 4.74 Å². The molecule has 2 aromatic rings. The van der Waals surface area contributed by atoms with Crippen LogP contribution < -0.4 is 10.9 Å². The molecule has 2 atom stereocenters. The van der Waals surface area contributed by atoms with Gasteiger partial charge in [-0.15, -0.1) is 0 Å². The predicted octanol–water partition coefficient (Wildman–Crippen LogP) is 0.996. The van der Waals surface area contributed by atoms with E-state index in [-0.39, 0.29) is 61.2 Å². The number of carbonyl (C=O) groups excluding carboxylic acids is 1. The maximum absolute atomic E-state index is 14.5. The zero-order valence-corrected chi connectivity index (χ0v) is 22.3. The van der Waals surface area contributed by atoms with Gasteiger partial charge >= 0.3 is 0 Å². The summed E-state index contributed by atoms with van der Waals surface area (Å²) in [6.45, 7) is 7.96. The summed E-state index contributed by atoms with van der Waals surface area (Å²) in [6.07, 6.45) is 0. The number of hydrogen-bond acceptors (Lipinski definition) is 8. The molecule has 0 radical (unpaired) electrons. The number of aromatic hydroxyl groups is 1. The Hall–Kier alpha value is -2.87. The van der Waals surface area contributed by atoms with Crippen molar-refractivity contribution in [2.24, 2.45) is 0 Å². The van der Waals surface area contributed by atoms with E-state index >= 15 is 0 Å². The van der Waals surface area contributed by atoms with Gasteiger partial charge in [-0.3, -0.25) is 19.1 Å². The molecule has 3 heterocycles. The summed E-state index contributed by atoms with van der Waals surface area (Å²) in [4.78, 5) is 31.5. The highest BCUT2D eigenvalue weighted by atomic mass is 32.2. The van der Waals surface area contributed by atoms with Crippen LogP contribution in [0.1, 0.15) is 49.6 Å². The fraction of sp³-hybridized carbons (Fsp3) is 0.542. The molecule has 0 saturated carbocycles. The molecule has 1 aromatic carbocycles. The fourth-order valence-electron chi connectivity index (χ4n) is 4.67. The molecule has 0 aliphatic carbocycles. The van der Waals surface area contributed by atoms with Gasteiger partial charge in [-0.05, 0) is 58.5 Å². The van der Waals surface area contributed by atoms with Gasteiger partial charge in [-0.2, -0.15) is 4.31 Å². The van der Waals surface area contributed by atoms with Crippen LogP contribution in [0.15, 0.2) is 27.9 Å². The monoisotopic (exact) mass is 537 g/mol. The summed E-state index contributed by atoms with van der Waals surface area (Å²) < 4.78 is 49.3. The van der Waals surface area contributed by atoms with Gasteiger partial charge in [-0.1, -0.05) is 0 Å². The third-order valence-corrected chi connectivity index (χ3v) is 8.83. The van der Waals surface area contributed by atoms with Crippen molar-refractivity contribution in [2.45, 2.75) is 63.4 Å². The van der Waals surface area contributed by atoms with Crippen LogP contribution in [-0.4, -0.2) is 77.0 Å². The Balaban J connectivity index is 1.57. The zero-order chi connectivity index (χ0) is 27.3. The molecule has 2 unspecified atom stereocenters. The van der Waals surface area contributed by atoms with E-state index in [1.54, 1.807) is 13.8 Å². The maximum Gasteiger partial charge on any atom is 0.296 e. The fourth-order valence-corrected chi connectivity index (χ4v) is 6.35. The molecule has 11 nitrogen and oxygen atoms in total. The number of halogens is 1. The van der Waals surface area contributed by atoms with Crippen molar-refractivity contribution in [3.05, 3.63) is 51.5 Å². The number of amides is 1. The van der Waals surface area contributed by atoms with Crippen LogP contribution in [0.25, 0.3) is 0 Å². The number of nitrogens with one attached hydrogen (secondary N) is 1. The van der Waals surface area contributed by atoms with Crippen molar-refractivity contribution in [3.8, 4) is 5.75 Å². The Kier molecular flexibility index (Phi) is 7.18. The normalized spacial score (nSPS) is 22.4. The first-order valence-corrected chi connectivity index (χ1v) is 13.4. The molecule has 0 spiro atoms. The number of rotatable bonds is 5. The number of benzene rings is 1. The average Bonchev–Trinajstić information content (AvgIpc) is 2.82. The van der Waals surface area contributed by atoms with E-state index in [1.807, 2.05) is 20.9 Å². The minimum absolute atomic E-state index is 0.0120. The van der Waals surface area contributed by atoms with Crippen LogP contribution in [0.4, 0.5) is 4.39 Å². The highest BCUT2D eigenvalue weighted by Gasteiger charge is 2.36. The highest BCUT2D eigenvalue weighted by molar-refractivity contribution is 7.89. The smallest absolute Gasteiger partial charge is 0.296 e. The Labute approximate surface area is 214 Å². The van der Waals surface area contributed by atoms with Gasteiger partial charge < -0.3 is 15.2 Å². The standard InChI is InChI=1S/C24H32FN5O6S/c1-14-12-29(13-15(2)28(14)5)37(34,35)18-9-16(8-17(25)10-18)11-26-21(32)19-20(31)22(33)30-6-7-36-24(3,4)23(30)27-19/h8-10,14-15,31H,6-7,11-13H2,1-5H3,(H,26,32). The Morgan fingerprint density at radius 1 is 1.24 bits per heavy atom. The van der Waals surface area contributed by atoms with Crippen molar-refractivity contribution >= 4 is 15.9 Å². The van der Waals surface area contributed by atoms with Gasteiger partial charge in [0.2, 0.25) is 15.8 Å². The topological polar surface area (TPSA) is 134 Å². The second kappa shape index (κ2) is 9.78. The molecule has 0 bridgehead atoms. The van der Waals surface area contributed by atoms with Crippen molar-refractivity contribution in [3.63, 3.8) is 0 Å². The predicted molar refractivity (Wildman–Crippen MR) is 132 cm³/mol. The van der Waals surface area contributed by atoms with Gasteiger partial charge in [0.1, 0.15) is 17.2 Å². The van der Waals surface area contributed by atoms with Crippen LogP contribution in [0, 0.1) is 5.82 Å². The molecule has 1 amide bonds. The van der Waals surface area contributed by atoms with Crippen molar-refractivity contribution in [1.82, 2.24) is 24.1 Å². The lowest BCUT2D eigenvalue weighted by Crippen LogP contribution is -2.56. The minimum Gasteiger partial charge on any atom is -0.501 e. The van der Waals surface area contributed by atoms with E-state index in [2.05, 4.69) is 15.2 Å². The van der Waals surface area contributed by atoms with Crippen LogP contribution >= 0.6 is 0 Å². The molecule has 2 N–H and O–H groups in total. The van der Waals surface area contributed by atoms with Gasteiger partial charge in [0, 0.05) is 31.7 Å². The van der Waals surface area contributed by atoms with Crippen LogP contribution in [-0.2, 0) is 33.5 Å². The third-order valence-electron chi connectivity index (χ3n) is 7.02. The number of fused-ring (bicyclic) bond motifs is 1. The number of sulfonamides is 1. The lowest BCUT2D eigenvalue weighted by atomic mass is 10.1. The molecule has 2 aliphatic heterocycles. The van der Waals surface area contributed by atoms with Crippen molar-refractivity contribution in [2.75, 3.05) is 26.7 Å². The number of ether oxygens (including phenoxy) is 1. The lowest BCUT2D eigenvalue weighted by molar-refractivity contribution is -0.0566. The SMILES string of the molecule is CC1CN(S(=O)(=O)c2cc(F)cc(CNC(=O)c3nc4n(c(=O)c3O)CCOC4(C)C)c2)CC(C)N1C. The van der Waals surface area contributed by atoms with E-state index in [9.17, 15) is 27.5 Å². The zero-order valence-electron chi connectivity index (χ0n) is 21.5. The molecule has 37 heavy (non-hydrogen) atoms. The summed E-state index contributed by atoms with van der Waals surface area (Å²) in [5.41, 5.74) is -2.01. The average molecular weight is 538 g/mol. The first-order chi connectivity index (χ1) is 17.2. The number of hydrogen-bond donors (Lipinski definition) is 2. The molecular weight excluding hydrogens is 505 g/mol. The maximum atomic E-state index is 14.5. The summed E-state index contributed by atoms with van der Waals surface area (Å²) >= 11 is 0. The third kappa shape index (κ3) is 5.13. The Morgan fingerprint density at radius 3 is 2.54 bits per heavy atom. The Morgan fingerprint density at radius 2 is 1.89 bits per heavy atom. The summed E-state index contributed by atoms with van der Waals surface area (Å²) in [5, 5.41) is 12.8. The van der Waals surface area contributed by atoms with Crippen LogP contribution in [0.5, 0.6) is 5.75 Å². The van der Waals surface area contributed by atoms with Crippen molar-refractivity contribution in [1.29, 1.82) is 0 Å². The first kappa shape index (κ1) is 27.2. The minimum atomic E-state index is -3.98. The quantitative estimate of drug-likeness (QED) is 0.577. The largest absolute Gasteiger partial charge is 0.501 e. The van der Waals surface area contributed by atoms with Crippen LogP contribution in [0.2, 0.25) is 0 Å². The summed E-state index contributed by atoms with van der Waals surface area (Å²) in [7, 11) is -2.05. The number of aromatic nitrogens is 2. The van der Waals surface area contributed by atoms with Gasteiger partial charge in [-0.25, -0.2) is 17.8 Å². The molecule has 4 rings (SSSR count). The van der Waals surface area contributed by atoms with Gasteiger partial charge in [0.05, 0.1) is 18.0 Å². The van der Waals surface area contributed by atoms with E-state index in [1.165, 1.54) is 14.9 Å². The summed E-state index contributed by atoms with van der Waals surface area (Å²) in [5.74, 6) is -2.25. The number of likely N-dealkylation sites (N-methyl/N-ethyl adjacent to an activating group) is 1. The van der Waals surface area contributed by atoms with Gasteiger partial charge in [0.25, 0.3) is 11.5 Å². The Bertz CT molecular complexity index is 1380. The molecule has 202 valence electrons. The molecule has 1 fully saturated rings. The van der Waals surface area contributed by atoms with E-state index < -0.39 is 44.4 Å². The number of piperazine rings is 1. The summed E-state index contributed by atoms with van der Waals surface area (Å²) in [6, 6.07) is 3.34. The second-order valence-electron chi connectivity index (χ2n) is 10.1. The van der Waals surface area contributed by atoms with Crippen LogP contribution in [0.3, 0.4) is 0 Å². The molecular formula is C24H32FN5O6S. The first-order valence-electron chi connectivity index (χ1n) is 12.0. The molecule has 13 heteroatoms. The second-order valence-corrected chi connectivity index (χ2v) is 12.0. The molecule has 2 aliphatic rings. The van der Waals surface area contributed by atoms with E-state index in [0.717, 1.165) is 12.1 Å². The van der Waals surface area contributed by atoms with Gasteiger partial charge in [0.15, 0.2) is 5.69 Å². The number of nitrogens with zero attached hydrogens (tertiary/aromatic N) is 4. The number of carbonyl (C=O) groups is 1. The van der Waals surface area contributed by atoms with Crippen molar-refractivity contribution < 1.29 is 27.4 Å².